The van der Waals surface area contributed by atoms with Gasteiger partial charge in [-0.15, -0.1) is 6.58 Å². The number of nitrogen functional groups attached to an aromatic ring is 1. The van der Waals surface area contributed by atoms with E-state index in [0.717, 1.165) is 0 Å². The molecule has 0 heterocycles. The first-order valence-electron chi connectivity index (χ1n) is 4.04. The van der Waals surface area contributed by atoms with E-state index in [2.05, 4.69) is 11.9 Å². The van der Waals surface area contributed by atoms with Crippen LogP contribution in [0.5, 0.6) is 0 Å². The molecule has 0 saturated carbocycles. The van der Waals surface area contributed by atoms with E-state index in [4.69, 9.17) is 5.73 Å². The highest BCUT2D eigenvalue weighted by Crippen LogP contribution is 2.23. The molecule has 0 amide bonds. The molecule has 0 atom stereocenters. The first-order valence-corrected chi connectivity index (χ1v) is 4.04. The lowest BCUT2D eigenvalue weighted by Gasteiger charge is -2.05. The van der Waals surface area contributed by atoms with E-state index in [9.17, 15) is 10.1 Å². The van der Waals surface area contributed by atoms with Crippen molar-refractivity contribution in [3.63, 3.8) is 0 Å². The zero-order valence-corrected chi connectivity index (χ0v) is 7.56. The van der Waals surface area contributed by atoms with Crippen molar-refractivity contribution in [2.24, 2.45) is 0 Å². The normalized spacial score (nSPS) is 9.43. The Hall–Kier alpha value is -2.04. The van der Waals surface area contributed by atoms with Gasteiger partial charge in [-0.05, 0) is 6.07 Å². The molecular formula is C9H11N3O2. The van der Waals surface area contributed by atoms with Gasteiger partial charge in [0, 0.05) is 18.7 Å². The van der Waals surface area contributed by atoms with Crippen molar-refractivity contribution in [3.8, 4) is 0 Å². The van der Waals surface area contributed by atoms with E-state index in [0.29, 0.717) is 17.9 Å². The van der Waals surface area contributed by atoms with E-state index in [-0.39, 0.29) is 5.69 Å². The topological polar surface area (TPSA) is 81.2 Å². The zero-order chi connectivity index (χ0) is 10.6. The molecule has 1 rings (SSSR count). The number of nitrogens with one attached hydrogen (secondary N) is 1. The van der Waals surface area contributed by atoms with Crippen LogP contribution in [-0.2, 0) is 0 Å². The first kappa shape index (κ1) is 10.0. The van der Waals surface area contributed by atoms with Gasteiger partial charge in [0.1, 0.15) is 0 Å². The highest BCUT2D eigenvalue weighted by atomic mass is 16.6. The van der Waals surface area contributed by atoms with Crippen LogP contribution in [0.25, 0.3) is 0 Å². The molecule has 0 radical (unpaired) electrons. The van der Waals surface area contributed by atoms with Crippen LogP contribution in [0.15, 0.2) is 30.9 Å². The van der Waals surface area contributed by atoms with E-state index < -0.39 is 4.92 Å². The first-order chi connectivity index (χ1) is 6.65. The molecule has 0 fully saturated rings. The van der Waals surface area contributed by atoms with E-state index >= 15 is 0 Å². The maximum absolute atomic E-state index is 10.4. The average molecular weight is 193 g/mol. The van der Waals surface area contributed by atoms with Crippen LogP contribution in [0.3, 0.4) is 0 Å². The highest BCUT2D eigenvalue weighted by molar-refractivity contribution is 5.69. The fourth-order valence-corrected chi connectivity index (χ4v) is 1.01. The van der Waals surface area contributed by atoms with Crippen molar-refractivity contribution in [3.05, 3.63) is 41.0 Å². The second kappa shape index (κ2) is 4.27. The molecule has 0 spiro atoms. The molecule has 0 aliphatic heterocycles. The second-order valence-electron chi connectivity index (χ2n) is 2.70. The number of hydrogen-bond acceptors (Lipinski definition) is 4. The number of nitro groups is 1. The maximum Gasteiger partial charge on any atom is 0.271 e. The molecule has 1 aromatic rings. The van der Waals surface area contributed by atoms with Gasteiger partial charge in [-0.2, -0.15) is 0 Å². The summed E-state index contributed by atoms with van der Waals surface area (Å²) in [6.07, 6.45) is 1.68. The Balaban J connectivity index is 2.89. The van der Waals surface area contributed by atoms with Crippen LogP contribution in [-0.4, -0.2) is 11.5 Å². The Kier molecular flexibility index (Phi) is 3.06. The van der Waals surface area contributed by atoms with Gasteiger partial charge in [-0.25, -0.2) is 0 Å². The summed E-state index contributed by atoms with van der Waals surface area (Å²) in [7, 11) is 0. The minimum atomic E-state index is -0.479. The molecule has 0 aliphatic rings. The van der Waals surface area contributed by atoms with E-state index in [1.54, 1.807) is 12.1 Å². The quantitative estimate of drug-likeness (QED) is 0.330. The van der Waals surface area contributed by atoms with Crippen LogP contribution < -0.4 is 11.1 Å². The number of nitro benzene ring substituents is 1. The molecular weight excluding hydrogens is 182 g/mol. The number of nitrogens with zero attached hydrogens (tertiary/aromatic N) is 1. The van der Waals surface area contributed by atoms with Gasteiger partial charge in [0.05, 0.1) is 16.3 Å². The summed E-state index contributed by atoms with van der Waals surface area (Å²) in [5.41, 5.74) is 6.63. The Bertz CT molecular complexity index is 363. The standard InChI is InChI=1S/C9H11N3O2/c1-2-5-11-9-4-3-7(12(13)14)6-8(9)10/h2-4,6,11H,1,5,10H2. The Morgan fingerprint density at radius 2 is 2.36 bits per heavy atom. The number of rotatable bonds is 4. The van der Waals surface area contributed by atoms with Crippen molar-refractivity contribution in [2.45, 2.75) is 0 Å². The van der Waals surface area contributed by atoms with Crippen LogP contribution >= 0.6 is 0 Å². The van der Waals surface area contributed by atoms with Crippen molar-refractivity contribution >= 4 is 17.1 Å². The molecule has 3 N–H and O–H groups in total. The Morgan fingerprint density at radius 3 is 2.86 bits per heavy atom. The van der Waals surface area contributed by atoms with Crippen LogP contribution in [0, 0.1) is 10.1 Å². The molecule has 5 heteroatoms. The third-order valence-corrected chi connectivity index (χ3v) is 1.68. The molecule has 14 heavy (non-hydrogen) atoms. The second-order valence-corrected chi connectivity index (χ2v) is 2.70. The number of hydrogen-bond donors (Lipinski definition) is 2. The molecule has 0 saturated heterocycles. The van der Waals surface area contributed by atoms with Gasteiger partial charge in [0.15, 0.2) is 0 Å². The summed E-state index contributed by atoms with van der Waals surface area (Å²) in [5, 5.41) is 13.4. The summed E-state index contributed by atoms with van der Waals surface area (Å²) in [5.74, 6) is 0. The number of non-ortho nitro benzene ring substituents is 1. The van der Waals surface area contributed by atoms with Crippen molar-refractivity contribution in [1.82, 2.24) is 0 Å². The fourth-order valence-electron chi connectivity index (χ4n) is 1.01. The minimum absolute atomic E-state index is 0.00773. The predicted octanol–water partition coefficient (Wildman–Crippen LogP) is 1.77. The molecule has 0 aliphatic carbocycles. The van der Waals surface area contributed by atoms with Gasteiger partial charge >= 0.3 is 0 Å². The summed E-state index contributed by atoms with van der Waals surface area (Å²) in [6.45, 7) is 4.11. The van der Waals surface area contributed by atoms with Crippen LogP contribution in [0.1, 0.15) is 0 Å². The monoisotopic (exact) mass is 193 g/mol. The third kappa shape index (κ3) is 2.22. The van der Waals surface area contributed by atoms with Gasteiger partial charge in [-0.3, -0.25) is 10.1 Å². The van der Waals surface area contributed by atoms with Gasteiger partial charge in [0.25, 0.3) is 5.69 Å². The summed E-state index contributed by atoms with van der Waals surface area (Å²) >= 11 is 0. The lowest BCUT2D eigenvalue weighted by atomic mass is 10.2. The third-order valence-electron chi connectivity index (χ3n) is 1.68. The molecule has 74 valence electrons. The SMILES string of the molecule is C=CCNc1ccc([N+](=O)[O-])cc1N. The smallest absolute Gasteiger partial charge is 0.271 e. The molecule has 1 aromatic carbocycles. The summed E-state index contributed by atoms with van der Waals surface area (Å²) in [4.78, 5) is 9.91. The summed E-state index contributed by atoms with van der Waals surface area (Å²) in [6, 6.07) is 4.31. The molecule has 0 aromatic heterocycles. The van der Waals surface area contributed by atoms with Crippen molar-refractivity contribution < 1.29 is 4.92 Å². The van der Waals surface area contributed by atoms with E-state index in [1.807, 2.05) is 0 Å². The van der Waals surface area contributed by atoms with Crippen LogP contribution in [0.4, 0.5) is 17.1 Å². The minimum Gasteiger partial charge on any atom is -0.397 e. The van der Waals surface area contributed by atoms with Crippen LogP contribution in [0.2, 0.25) is 0 Å². The summed E-state index contributed by atoms with van der Waals surface area (Å²) < 4.78 is 0. The fraction of sp³-hybridized carbons (Fsp3) is 0.111. The largest absolute Gasteiger partial charge is 0.397 e. The number of anilines is 2. The van der Waals surface area contributed by atoms with Crippen molar-refractivity contribution in [1.29, 1.82) is 0 Å². The Morgan fingerprint density at radius 1 is 1.64 bits per heavy atom. The zero-order valence-electron chi connectivity index (χ0n) is 7.56. The lowest BCUT2D eigenvalue weighted by molar-refractivity contribution is -0.384. The maximum atomic E-state index is 10.4. The molecule has 0 unspecified atom stereocenters. The van der Waals surface area contributed by atoms with Gasteiger partial charge < -0.3 is 11.1 Å². The van der Waals surface area contributed by atoms with Gasteiger partial charge in [-0.1, -0.05) is 6.08 Å². The lowest BCUT2D eigenvalue weighted by Crippen LogP contribution is -2.02. The van der Waals surface area contributed by atoms with E-state index in [1.165, 1.54) is 12.1 Å². The Labute approximate surface area is 81.4 Å². The molecule has 0 bridgehead atoms. The average Bonchev–Trinajstić information content (AvgIpc) is 2.15. The molecule has 5 nitrogen and oxygen atoms in total. The number of benzene rings is 1. The van der Waals surface area contributed by atoms with Crippen molar-refractivity contribution in [2.75, 3.05) is 17.6 Å². The predicted molar refractivity (Wildman–Crippen MR) is 56.2 cm³/mol. The van der Waals surface area contributed by atoms with Gasteiger partial charge in [0.2, 0.25) is 0 Å². The number of nitrogens with two attached hydrogens (primary N) is 1. The highest BCUT2D eigenvalue weighted by Gasteiger charge is 2.07.